The van der Waals surface area contributed by atoms with Crippen LogP contribution in [0.5, 0.6) is 0 Å². The first-order valence-corrected chi connectivity index (χ1v) is 12.8. The van der Waals surface area contributed by atoms with E-state index in [1.807, 2.05) is 12.4 Å². The molecule has 0 radical (unpaired) electrons. The van der Waals surface area contributed by atoms with Crippen molar-refractivity contribution < 1.29 is 0 Å². The highest BCUT2D eigenvalue weighted by Crippen LogP contribution is 2.39. The van der Waals surface area contributed by atoms with Gasteiger partial charge in [-0.3, -0.25) is 5.10 Å². The van der Waals surface area contributed by atoms with Crippen molar-refractivity contribution in [2.75, 3.05) is 0 Å². The summed E-state index contributed by atoms with van der Waals surface area (Å²) in [6.07, 6.45) is 5.87. The average molecular weight is 473 g/mol. The number of imidazole rings is 2. The van der Waals surface area contributed by atoms with Crippen molar-refractivity contribution >= 4 is 32.6 Å². The highest BCUT2D eigenvalue weighted by Gasteiger charge is 2.22. The van der Waals surface area contributed by atoms with Gasteiger partial charge < -0.3 is 4.98 Å². The second kappa shape index (κ2) is 7.72. The van der Waals surface area contributed by atoms with Gasteiger partial charge in [0.1, 0.15) is 17.2 Å². The number of H-pyrrole nitrogens is 2. The van der Waals surface area contributed by atoms with Crippen molar-refractivity contribution in [3.8, 4) is 22.4 Å². The Bertz CT molecular complexity index is 1800. The second-order valence-electron chi connectivity index (χ2n) is 10.5. The zero-order chi connectivity index (χ0) is 24.6. The number of fused-ring (bicyclic) bond motifs is 9. The Balaban J connectivity index is 1.40. The van der Waals surface area contributed by atoms with E-state index < -0.39 is 0 Å². The highest BCUT2D eigenvalue weighted by atomic mass is 15.1. The number of aryl methyl sites for hydroxylation is 2. The van der Waals surface area contributed by atoms with Gasteiger partial charge in [0.2, 0.25) is 0 Å². The molecule has 0 unspecified atom stereocenters. The maximum Gasteiger partial charge on any atom is 0.132 e. The van der Waals surface area contributed by atoms with Gasteiger partial charge in [0, 0.05) is 45.4 Å². The zero-order valence-corrected chi connectivity index (χ0v) is 21.0. The molecule has 0 saturated carbocycles. The molecule has 178 valence electrons. The monoisotopic (exact) mass is 472 g/mol. The molecule has 0 spiro atoms. The smallest absolute Gasteiger partial charge is 0.132 e. The van der Waals surface area contributed by atoms with Crippen LogP contribution in [-0.4, -0.2) is 30.1 Å². The Morgan fingerprint density at radius 1 is 0.750 bits per heavy atom. The molecule has 6 aromatic rings. The summed E-state index contributed by atoms with van der Waals surface area (Å²) in [6, 6.07) is 13.5. The summed E-state index contributed by atoms with van der Waals surface area (Å²) in [4.78, 5) is 18.3. The maximum absolute atomic E-state index is 4.93. The second-order valence-corrected chi connectivity index (χ2v) is 10.5. The fraction of sp³-hybridized carbons (Fsp3) is 0.267. The molecule has 0 aliphatic heterocycles. The van der Waals surface area contributed by atoms with E-state index >= 15 is 0 Å². The molecule has 36 heavy (non-hydrogen) atoms. The highest BCUT2D eigenvalue weighted by molar-refractivity contribution is 6.23. The standard InChI is InChI=1S/C30H28N6/c1-15(2)29-33-25-10-7-19-11-17(5-8-20(19)26(25)34-29)18-6-9-21-22(12-18)23-13-31-32-14-24(23)28-27(21)35-30(36-28)16(3)4/h5-6,8-9,11-16,31H,7,10H2,1-4H3,(H,33,34). The molecule has 3 aromatic carbocycles. The summed E-state index contributed by atoms with van der Waals surface area (Å²) in [6.45, 7) is 8.64. The number of aromatic amines is 2. The molecule has 6 heteroatoms. The lowest BCUT2D eigenvalue weighted by atomic mass is 9.89. The molecule has 0 bridgehead atoms. The van der Waals surface area contributed by atoms with Crippen LogP contribution in [0.1, 0.15) is 62.4 Å². The summed E-state index contributed by atoms with van der Waals surface area (Å²) in [7, 11) is 0. The van der Waals surface area contributed by atoms with Crippen molar-refractivity contribution in [1.82, 2.24) is 30.1 Å². The van der Waals surface area contributed by atoms with Crippen LogP contribution in [0.15, 0.2) is 48.8 Å². The summed E-state index contributed by atoms with van der Waals surface area (Å²) in [5, 5.41) is 11.8. The fourth-order valence-electron chi connectivity index (χ4n) is 5.49. The van der Waals surface area contributed by atoms with Crippen molar-refractivity contribution in [3.63, 3.8) is 0 Å². The number of aromatic nitrogens is 6. The van der Waals surface area contributed by atoms with Crippen LogP contribution in [0, 0.1) is 0 Å². The minimum Gasteiger partial charge on any atom is -0.345 e. The molecule has 2 N–H and O–H groups in total. The van der Waals surface area contributed by atoms with Crippen molar-refractivity contribution in [2.45, 2.75) is 52.4 Å². The number of nitrogens with zero attached hydrogens (tertiary/aromatic N) is 4. The number of rotatable bonds is 3. The topological polar surface area (TPSA) is 83.1 Å². The SMILES string of the molecule is CC(C)c1nc2c3ccc(-c4ccc5c(c4)CCc4[nH]c(C(C)C)nc4-5)cc3c3c[nH]ncc3c2n1. The Kier molecular flexibility index (Phi) is 4.55. The third kappa shape index (κ3) is 3.10. The van der Waals surface area contributed by atoms with Crippen LogP contribution >= 0.6 is 0 Å². The summed E-state index contributed by atoms with van der Waals surface area (Å²) in [5.74, 6) is 2.62. The molecule has 0 atom stereocenters. The van der Waals surface area contributed by atoms with E-state index in [1.165, 1.54) is 27.9 Å². The lowest BCUT2D eigenvalue weighted by molar-refractivity contribution is 0.787. The number of hydrogen-bond donors (Lipinski definition) is 2. The molecule has 3 heterocycles. The van der Waals surface area contributed by atoms with E-state index in [0.29, 0.717) is 5.92 Å². The van der Waals surface area contributed by atoms with Crippen LogP contribution in [-0.2, 0) is 12.8 Å². The van der Waals surface area contributed by atoms with Gasteiger partial charge in [-0.05, 0) is 41.0 Å². The Hall–Kier alpha value is -4.06. The van der Waals surface area contributed by atoms with Crippen LogP contribution in [0.4, 0.5) is 0 Å². The summed E-state index contributed by atoms with van der Waals surface area (Å²) >= 11 is 0. The van der Waals surface area contributed by atoms with Crippen LogP contribution < -0.4 is 0 Å². The third-order valence-electron chi connectivity index (χ3n) is 7.46. The Labute approximate surface area is 209 Å². The summed E-state index contributed by atoms with van der Waals surface area (Å²) in [5.41, 5.74) is 9.31. The molecule has 7 rings (SSSR count). The molecular formula is C30H28N6. The van der Waals surface area contributed by atoms with Gasteiger partial charge in [-0.1, -0.05) is 58.0 Å². The van der Waals surface area contributed by atoms with E-state index in [-0.39, 0.29) is 5.92 Å². The Morgan fingerprint density at radius 3 is 2.33 bits per heavy atom. The third-order valence-corrected chi connectivity index (χ3v) is 7.46. The quantitative estimate of drug-likeness (QED) is 0.270. The molecule has 0 amide bonds. The molecular weight excluding hydrogens is 444 g/mol. The maximum atomic E-state index is 4.93. The van der Waals surface area contributed by atoms with E-state index in [4.69, 9.17) is 15.0 Å². The first-order chi connectivity index (χ1) is 17.5. The van der Waals surface area contributed by atoms with Gasteiger partial charge in [0.05, 0.1) is 17.4 Å². The van der Waals surface area contributed by atoms with Crippen LogP contribution in [0.25, 0.3) is 55.0 Å². The van der Waals surface area contributed by atoms with Gasteiger partial charge in [-0.25, -0.2) is 15.0 Å². The lowest BCUT2D eigenvalue weighted by Gasteiger charge is -2.17. The Morgan fingerprint density at radius 2 is 1.53 bits per heavy atom. The number of benzene rings is 3. The normalized spacial score (nSPS) is 13.3. The van der Waals surface area contributed by atoms with E-state index in [0.717, 1.165) is 62.8 Å². The lowest BCUT2D eigenvalue weighted by Crippen LogP contribution is -2.03. The number of hydrogen-bond acceptors (Lipinski definition) is 4. The van der Waals surface area contributed by atoms with Gasteiger partial charge in [0.25, 0.3) is 0 Å². The molecule has 6 nitrogen and oxygen atoms in total. The van der Waals surface area contributed by atoms with E-state index in [9.17, 15) is 0 Å². The minimum atomic E-state index is 0.271. The molecule has 0 fully saturated rings. The molecule has 0 saturated heterocycles. The summed E-state index contributed by atoms with van der Waals surface area (Å²) < 4.78 is 0. The van der Waals surface area contributed by atoms with Crippen molar-refractivity contribution in [3.05, 3.63) is 71.7 Å². The predicted molar refractivity (Wildman–Crippen MR) is 145 cm³/mol. The molecule has 1 aliphatic rings. The van der Waals surface area contributed by atoms with Gasteiger partial charge in [-0.2, -0.15) is 5.10 Å². The fourth-order valence-corrected chi connectivity index (χ4v) is 5.49. The van der Waals surface area contributed by atoms with E-state index in [2.05, 4.69) is 79.3 Å². The first kappa shape index (κ1) is 21.2. The molecule has 3 aromatic heterocycles. The molecule has 1 aliphatic carbocycles. The van der Waals surface area contributed by atoms with Gasteiger partial charge in [-0.15, -0.1) is 0 Å². The zero-order valence-electron chi connectivity index (χ0n) is 21.0. The average Bonchev–Trinajstić information content (AvgIpc) is 3.54. The van der Waals surface area contributed by atoms with Gasteiger partial charge in [0.15, 0.2) is 0 Å². The van der Waals surface area contributed by atoms with Crippen molar-refractivity contribution in [1.29, 1.82) is 0 Å². The van der Waals surface area contributed by atoms with Gasteiger partial charge >= 0.3 is 0 Å². The van der Waals surface area contributed by atoms with E-state index in [1.54, 1.807) is 0 Å². The van der Waals surface area contributed by atoms with Crippen LogP contribution in [0.2, 0.25) is 0 Å². The number of nitrogens with one attached hydrogen (secondary N) is 2. The predicted octanol–water partition coefficient (Wildman–Crippen LogP) is 7.06. The van der Waals surface area contributed by atoms with Crippen LogP contribution in [0.3, 0.4) is 0 Å². The van der Waals surface area contributed by atoms with Crippen molar-refractivity contribution in [2.24, 2.45) is 0 Å². The minimum absolute atomic E-state index is 0.271. The first-order valence-electron chi connectivity index (χ1n) is 12.8. The largest absolute Gasteiger partial charge is 0.345 e.